The summed E-state index contributed by atoms with van der Waals surface area (Å²) >= 11 is 0.795. The summed E-state index contributed by atoms with van der Waals surface area (Å²) in [5.41, 5.74) is 0.672. The van der Waals surface area contributed by atoms with Crippen LogP contribution in [0.2, 0.25) is 0 Å². The molecule has 6 nitrogen and oxygen atoms in total. The number of ether oxygens (including phenoxy) is 2. The molecule has 0 spiro atoms. The van der Waals surface area contributed by atoms with Crippen LogP contribution >= 0.6 is 11.8 Å². The molecule has 26 heavy (non-hydrogen) atoms. The molecule has 0 unspecified atom stereocenters. The van der Waals surface area contributed by atoms with Gasteiger partial charge in [0.2, 0.25) is 0 Å². The Kier molecular flexibility index (Phi) is 7.47. The van der Waals surface area contributed by atoms with E-state index in [0.29, 0.717) is 17.9 Å². The fourth-order valence-corrected chi connectivity index (χ4v) is 2.99. The molecule has 0 saturated carbocycles. The molecule has 2 amide bonds. The lowest BCUT2D eigenvalue weighted by Crippen LogP contribution is -2.34. The minimum Gasteiger partial charge on any atom is -0.489 e. The average molecular weight is 375 g/mol. The molecule has 0 bridgehead atoms. The fourth-order valence-electron chi connectivity index (χ4n) is 2.16. The molecule has 1 heterocycles. The number of carbonyl (C=O) groups excluding carboxylic acids is 3. The smallest absolute Gasteiger partial charge is 0.326 e. The van der Waals surface area contributed by atoms with Crippen molar-refractivity contribution >= 4 is 35.0 Å². The van der Waals surface area contributed by atoms with Crippen molar-refractivity contribution in [2.75, 3.05) is 19.8 Å². The minimum absolute atomic E-state index is 0.242. The van der Waals surface area contributed by atoms with Crippen molar-refractivity contribution in [1.29, 1.82) is 0 Å². The first-order valence-corrected chi connectivity index (χ1v) is 9.12. The van der Waals surface area contributed by atoms with E-state index in [9.17, 15) is 14.4 Å². The molecular formula is C19H21NO5S. The van der Waals surface area contributed by atoms with Crippen LogP contribution in [0.25, 0.3) is 6.08 Å². The van der Waals surface area contributed by atoms with Gasteiger partial charge in [0.25, 0.3) is 11.1 Å². The summed E-state index contributed by atoms with van der Waals surface area (Å²) in [5.74, 6) is -0.513. The topological polar surface area (TPSA) is 72.9 Å². The van der Waals surface area contributed by atoms with Gasteiger partial charge in [-0.1, -0.05) is 44.2 Å². The van der Waals surface area contributed by atoms with Crippen molar-refractivity contribution in [2.45, 2.75) is 19.8 Å². The second kappa shape index (κ2) is 9.82. The number of esters is 1. The molecule has 1 aliphatic heterocycles. The van der Waals surface area contributed by atoms with Crippen LogP contribution in [0.1, 0.15) is 25.3 Å². The molecule has 0 N–H and O–H groups in total. The third-order valence-corrected chi connectivity index (χ3v) is 4.39. The number of para-hydroxylation sites is 1. The van der Waals surface area contributed by atoms with E-state index in [4.69, 9.17) is 9.47 Å². The number of carbonyl (C=O) groups is 3. The van der Waals surface area contributed by atoms with Gasteiger partial charge in [-0.05, 0) is 30.3 Å². The van der Waals surface area contributed by atoms with E-state index in [0.717, 1.165) is 29.5 Å². The Morgan fingerprint density at radius 1 is 1.31 bits per heavy atom. The summed E-state index contributed by atoms with van der Waals surface area (Å²) in [6, 6.07) is 7.17. The SMILES string of the molecule is C=CCOc1ccccc1/C=C1\SC(=O)N(CC(=O)OCCCC)C1=O. The van der Waals surface area contributed by atoms with E-state index in [1.165, 1.54) is 0 Å². The number of thioether (sulfide) groups is 1. The van der Waals surface area contributed by atoms with Gasteiger partial charge in [-0.25, -0.2) is 0 Å². The number of imide groups is 1. The maximum atomic E-state index is 12.5. The largest absolute Gasteiger partial charge is 0.489 e. The van der Waals surface area contributed by atoms with Gasteiger partial charge >= 0.3 is 5.97 Å². The number of hydrogen-bond acceptors (Lipinski definition) is 6. The van der Waals surface area contributed by atoms with Crippen LogP contribution in [0.4, 0.5) is 4.79 Å². The van der Waals surface area contributed by atoms with E-state index in [2.05, 4.69) is 6.58 Å². The molecule has 2 rings (SSSR count). The summed E-state index contributed by atoms with van der Waals surface area (Å²) in [4.78, 5) is 37.5. The highest BCUT2D eigenvalue weighted by Gasteiger charge is 2.36. The van der Waals surface area contributed by atoms with Gasteiger partial charge in [-0.15, -0.1) is 0 Å². The second-order valence-corrected chi connectivity index (χ2v) is 6.47. The number of unbranched alkanes of at least 4 members (excludes halogenated alkanes) is 1. The Bertz CT molecular complexity index is 728. The molecule has 0 aromatic heterocycles. The van der Waals surface area contributed by atoms with E-state index in [1.54, 1.807) is 24.3 Å². The lowest BCUT2D eigenvalue weighted by molar-refractivity contribution is -0.146. The van der Waals surface area contributed by atoms with Gasteiger partial charge < -0.3 is 9.47 Å². The summed E-state index contributed by atoms with van der Waals surface area (Å²) < 4.78 is 10.6. The van der Waals surface area contributed by atoms with E-state index in [-0.39, 0.29) is 18.1 Å². The zero-order valence-electron chi connectivity index (χ0n) is 14.6. The molecular weight excluding hydrogens is 354 g/mol. The Balaban J connectivity index is 2.09. The van der Waals surface area contributed by atoms with E-state index >= 15 is 0 Å². The summed E-state index contributed by atoms with van der Waals surface area (Å²) in [6.07, 6.45) is 4.85. The van der Waals surface area contributed by atoms with Crippen LogP contribution in [-0.4, -0.2) is 41.8 Å². The zero-order valence-corrected chi connectivity index (χ0v) is 15.4. The second-order valence-electron chi connectivity index (χ2n) is 5.48. The third kappa shape index (κ3) is 5.23. The van der Waals surface area contributed by atoms with E-state index in [1.807, 2.05) is 19.1 Å². The van der Waals surface area contributed by atoms with Crippen LogP contribution in [0.5, 0.6) is 5.75 Å². The van der Waals surface area contributed by atoms with Crippen LogP contribution < -0.4 is 4.74 Å². The fraction of sp³-hybridized carbons (Fsp3) is 0.316. The highest BCUT2D eigenvalue weighted by atomic mass is 32.2. The van der Waals surface area contributed by atoms with Crippen molar-refractivity contribution in [1.82, 2.24) is 4.90 Å². The Morgan fingerprint density at radius 2 is 2.08 bits per heavy atom. The number of benzene rings is 1. The van der Waals surface area contributed by atoms with Crippen LogP contribution in [0.3, 0.4) is 0 Å². The first kappa shape index (κ1) is 19.8. The Labute approximate surface area is 156 Å². The van der Waals surface area contributed by atoms with Gasteiger partial charge in [0.1, 0.15) is 18.9 Å². The normalized spacial score (nSPS) is 15.4. The third-order valence-electron chi connectivity index (χ3n) is 3.48. The molecule has 1 fully saturated rings. The van der Waals surface area contributed by atoms with Crippen molar-refractivity contribution in [3.63, 3.8) is 0 Å². The predicted octanol–water partition coefficient (Wildman–Crippen LogP) is 3.63. The van der Waals surface area contributed by atoms with Crippen molar-refractivity contribution in [3.8, 4) is 5.75 Å². The molecule has 1 saturated heterocycles. The Hall–Kier alpha value is -2.54. The molecule has 138 valence electrons. The summed E-state index contributed by atoms with van der Waals surface area (Å²) in [7, 11) is 0. The van der Waals surface area contributed by atoms with Crippen LogP contribution in [0.15, 0.2) is 41.8 Å². The van der Waals surface area contributed by atoms with Crippen molar-refractivity contribution in [2.24, 2.45) is 0 Å². The molecule has 0 atom stereocenters. The van der Waals surface area contributed by atoms with E-state index < -0.39 is 17.1 Å². The van der Waals surface area contributed by atoms with Crippen molar-refractivity contribution < 1.29 is 23.9 Å². The molecule has 1 aliphatic rings. The standard InChI is InChI=1S/C19H21NO5S/c1-3-5-11-25-17(21)13-20-18(22)16(26-19(20)23)12-14-8-6-7-9-15(14)24-10-4-2/h4,6-9,12H,2-3,5,10-11,13H2,1H3/b16-12-. The van der Waals surface area contributed by atoms with Crippen LogP contribution in [0, 0.1) is 0 Å². The minimum atomic E-state index is -0.586. The monoisotopic (exact) mass is 375 g/mol. The van der Waals surface area contributed by atoms with Gasteiger partial charge in [-0.3, -0.25) is 19.3 Å². The molecule has 1 aromatic rings. The maximum Gasteiger partial charge on any atom is 0.326 e. The van der Waals surface area contributed by atoms with Crippen LogP contribution in [-0.2, 0) is 14.3 Å². The zero-order chi connectivity index (χ0) is 18.9. The molecule has 0 radical (unpaired) electrons. The Morgan fingerprint density at radius 3 is 2.81 bits per heavy atom. The van der Waals surface area contributed by atoms with Crippen molar-refractivity contribution in [3.05, 3.63) is 47.4 Å². The lowest BCUT2D eigenvalue weighted by atomic mass is 10.2. The van der Waals surface area contributed by atoms with Gasteiger partial charge in [0, 0.05) is 5.56 Å². The summed E-state index contributed by atoms with van der Waals surface area (Å²) in [5, 5.41) is -0.488. The highest BCUT2D eigenvalue weighted by molar-refractivity contribution is 8.18. The van der Waals surface area contributed by atoms with Gasteiger partial charge in [0.05, 0.1) is 11.5 Å². The first-order chi connectivity index (χ1) is 12.6. The maximum absolute atomic E-state index is 12.5. The highest BCUT2D eigenvalue weighted by Crippen LogP contribution is 2.33. The number of rotatable bonds is 9. The average Bonchev–Trinajstić information content (AvgIpc) is 2.88. The van der Waals surface area contributed by atoms with Gasteiger partial charge in [0.15, 0.2) is 0 Å². The molecule has 1 aromatic carbocycles. The predicted molar refractivity (Wildman–Crippen MR) is 101 cm³/mol. The number of hydrogen-bond donors (Lipinski definition) is 0. The number of amides is 2. The lowest BCUT2D eigenvalue weighted by Gasteiger charge is -2.11. The quantitative estimate of drug-likeness (QED) is 0.284. The molecule has 0 aliphatic carbocycles. The number of nitrogens with zero attached hydrogens (tertiary/aromatic N) is 1. The molecule has 7 heteroatoms. The summed E-state index contributed by atoms with van der Waals surface area (Å²) in [6.45, 7) is 5.82. The van der Waals surface area contributed by atoms with Gasteiger partial charge in [-0.2, -0.15) is 0 Å². The first-order valence-electron chi connectivity index (χ1n) is 8.30.